The molecule has 1 aromatic heterocycles. The highest BCUT2D eigenvalue weighted by Gasteiger charge is 2.20. The van der Waals surface area contributed by atoms with Gasteiger partial charge in [-0.3, -0.25) is 9.78 Å². The zero-order valence-electron chi connectivity index (χ0n) is 11.8. The summed E-state index contributed by atoms with van der Waals surface area (Å²) in [6.45, 7) is 0. The summed E-state index contributed by atoms with van der Waals surface area (Å²) >= 11 is 0. The van der Waals surface area contributed by atoms with E-state index in [1.807, 2.05) is 30.3 Å². The van der Waals surface area contributed by atoms with Gasteiger partial charge in [-0.2, -0.15) is 0 Å². The van der Waals surface area contributed by atoms with Crippen LogP contribution in [0.2, 0.25) is 0 Å². The Morgan fingerprint density at radius 1 is 1.32 bits per heavy atom. The fraction of sp³-hybridized carbons (Fsp3) is 0.625. The Morgan fingerprint density at radius 2 is 2.05 bits per heavy atom. The minimum Gasteiger partial charge on any atom is -0.343 e. The first-order valence-electron chi connectivity index (χ1n) is 7.42. The van der Waals surface area contributed by atoms with Gasteiger partial charge in [-0.05, 0) is 30.9 Å². The van der Waals surface area contributed by atoms with E-state index >= 15 is 0 Å². The molecule has 104 valence electrons. The number of rotatable bonds is 4. The van der Waals surface area contributed by atoms with Gasteiger partial charge in [-0.25, -0.2) is 0 Å². The molecule has 0 bridgehead atoms. The van der Waals surface area contributed by atoms with Gasteiger partial charge in [-0.1, -0.05) is 31.7 Å². The quantitative estimate of drug-likeness (QED) is 0.779. The molecule has 0 radical (unpaired) electrons. The Morgan fingerprint density at radius 3 is 2.68 bits per heavy atom. The second-order valence-electron chi connectivity index (χ2n) is 5.51. The monoisotopic (exact) mass is 260 g/mol. The second-order valence-corrected chi connectivity index (χ2v) is 5.51. The van der Waals surface area contributed by atoms with Crippen molar-refractivity contribution in [1.82, 2.24) is 9.88 Å². The van der Waals surface area contributed by atoms with Crippen molar-refractivity contribution in [3.8, 4) is 0 Å². The van der Waals surface area contributed by atoms with E-state index in [1.54, 1.807) is 6.20 Å². The lowest BCUT2D eigenvalue weighted by Crippen LogP contribution is -2.36. The molecule has 1 heterocycles. The van der Waals surface area contributed by atoms with Gasteiger partial charge < -0.3 is 4.90 Å². The number of aryl methyl sites for hydroxylation is 1. The van der Waals surface area contributed by atoms with Crippen LogP contribution in [0.4, 0.5) is 0 Å². The largest absolute Gasteiger partial charge is 0.343 e. The van der Waals surface area contributed by atoms with E-state index in [9.17, 15) is 4.79 Å². The Kier molecular flexibility index (Phi) is 5.37. The smallest absolute Gasteiger partial charge is 0.222 e. The summed E-state index contributed by atoms with van der Waals surface area (Å²) in [7, 11) is 1.97. The predicted octanol–water partition coefficient (Wildman–Crippen LogP) is 3.20. The fourth-order valence-corrected chi connectivity index (χ4v) is 2.82. The second kappa shape index (κ2) is 7.27. The molecule has 0 N–H and O–H groups in total. The number of amides is 1. The first kappa shape index (κ1) is 14.0. The molecule has 1 aliphatic carbocycles. The van der Waals surface area contributed by atoms with Crippen molar-refractivity contribution < 1.29 is 4.79 Å². The number of carbonyl (C=O) groups excluding carboxylic acids is 1. The normalized spacial score (nSPS) is 16.9. The highest BCUT2D eigenvalue weighted by molar-refractivity contribution is 5.76. The molecule has 1 aliphatic rings. The van der Waals surface area contributed by atoms with Crippen LogP contribution in [0, 0.1) is 0 Å². The standard InChI is InChI=1S/C16H24N2O/c1-18(15-8-4-2-3-5-9-15)16(19)11-10-14-7-6-12-17-13-14/h6-7,12-13,15H,2-5,8-11H2,1H3. The van der Waals surface area contributed by atoms with Crippen molar-refractivity contribution in [2.75, 3.05) is 7.05 Å². The first-order chi connectivity index (χ1) is 9.27. The van der Waals surface area contributed by atoms with Gasteiger partial charge in [0.15, 0.2) is 0 Å². The molecule has 1 amide bonds. The van der Waals surface area contributed by atoms with Gasteiger partial charge in [0.1, 0.15) is 0 Å². The van der Waals surface area contributed by atoms with E-state index < -0.39 is 0 Å². The van der Waals surface area contributed by atoms with Gasteiger partial charge in [0.05, 0.1) is 0 Å². The van der Waals surface area contributed by atoms with E-state index in [0.29, 0.717) is 12.5 Å². The molecule has 1 aromatic rings. The molecule has 0 aromatic carbocycles. The maximum atomic E-state index is 12.2. The fourth-order valence-electron chi connectivity index (χ4n) is 2.82. The average Bonchev–Trinajstić information content (AvgIpc) is 2.74. The third-order valence-corrected chi connectivity index (χ3v) is 4.12. The summed E-state index contributed by atoms with van der Waals surface area (Å²) in [6.07, 6.45) is 12.5. The molecule has 19 heavy (non-hydrogen) atoms. The number of hydrogen-bond donors (Lipinski definition) is 0. The summed E-state index contributed by atoms with van der Waals surface area (Å²) in [5, 5.41) is 0. The van der Waals surface area contributed by atoms with E-state index in [4.69, 9.17) is 0 Å². The van der Waals surface area contributed by atoms with Crippen LogP contribution in [-0.2, 0) is 11.2 Å². The summed E-state index contributed by atoms with van der Waals surface area (Å²) in [6, 6.07) is 4.42. The zero-order valence-corrected chi connectivity index (χ0v) is 11.8. The lowest BCUT2D eigenvalue weighted by atomic mass is 10.1. The van der Waals surface area contributed by atoms with Crippen molar-refractivity contribution in [2.24, 2.45) is 0 Å². The maximum Gasteiger partial charge on any atom is 0.222 e. The van der Waals surface area contributed by atoms with E-state index in [1.165, 1.54) is 38.5 Å². The Bertz CT molecular complexity index is 383. The Balaban J connectivity index is 1.81. The predicted molar refractivity (Wildman–Crippen MR) is 76.8 cm³/mol. The van der Waals surface area contributed by atoms with Crippen LogP contribution in [0.25, 0.3) is 0 Å². The van der Waals surface area contributed by atoms with Crippen LogP contribution in [0.3, 0.4) is 0 Å². The van der Waals surface area contributed by atoms with Gasteiger partial charge in [0, 0.05) is 31.9 Å². The number of aromatic nitrogens is 1. The topological polar surface area (TPSA) is 33.2 Å². The minimum absolute atomic E-state index is 0.274. The summed E-state index contributed by atoms with van der Waals surface area (Å²) < 4.78 is 0. The molecule has 0 atom stereocenters. The minimum atomic E-state index is 0.274. The molecule has 1 saturated carbocycles. The van der Waals surface area contributed by atoms with Crippen LogP contribution in [-0.4, -0.2) is 28.9 Å². The van der Waals surface area contributed by atoms with Crippen molar-refractivity contribution in [1.29, 1.82) is 0 Å². The first-order valence-corrected chi connectivity index (χ1v) is 7.42. The van der Waals surface area contributed by atoms with Crippen LogP contribution < -0.4 is 0 Å². The van der Waals surface area contributed by atoms with Crippen molar-refractivity contribution in [3.05, 3.63) is 30.1 Å². The number of pyridine rings is 1. The van der Waals surface area contributed by atoms with E-state index in [-0.39, 0.29) is 5.91 Å². The molecule has 0 unspecified atom stereocenters. The lowest BCUT2D eigenvalue weighted by Gasteiger charge is -2.27. The molecule has 0 spiro atoms. The van der Waals surface area contributed by atoms with Crippen LogP contribution in [0.5, 0.6) is 0 Å². The maximum absolute atomic E-state index is 12.2. The zero-order chi connectivity index (χ0) is 13.5. The molecular formula is C16H24N2O. The number of carbonyl (C=O) groups is 1. The lowest BCUT2D eigenvalue weighted by molar-refractivity contribution is -0.132. The average molecular weight is 260 g/mol. The molecular weight excluding hydrogens is 236 g/mol. The van der Waals surface area contributed by atoms with Gasteiger partial charge in [0.25, 0.3) is 0 Å². The van der Waals surface area contributed by atoms with E-state index in [0.717, 1.165) is 12.0 Å². The van der Waals surface area contributed by atoms with Crippen LogP contribution in [0.15, 0.2) is 24.5 Å². The summed E-state index contributed by atoms with van der Waals surface area (Å²) in [5.74, 6) is 0.274. The number of hydrogen-bond acceptors (Lipinski definition) is 2. The summed E-state index contributed by atoms with van der Waals surface area (Å²) in [5.41, 5.74) is 1.14. The Labute approximate surface area is 116 Å². The highest BCUT2D eigenvalue weighted by atomic mass is 16.2. The van der Waals surface area contributed by atoms with Gasteiger partial charge in [0.2, 0.25) is 5.91 Å². The molecule has 0 aliphatic heterocycles. The van der Waals surface area contributed by atoms with Gasteiger partial charge in [-0.15, -0.1) is 0 Å². The van der Waals surface area contributed by atoms with Crippen molar-refractivity contribution in [3.63, 3.8) is 0 Å². The van der Waals surface area contributed by atoms with E-state index in [2.05, 4.69) is 4.98 Å². The third-order valence-electron chi connectivity index (χ3n) is 4.12. The summed E-state index contributed by atoms with van der Waals surface area (Å²) in [4.78, 5) is 18.3. The third kappa shape index (κ3) is 4.34. The highest BCUT2D eigenvalue weighted by Crippen LogP contribution is 2.21. The molecule has 3 heteroatoms. The molecule has 3 nitrogen and oxygen atoms in total. The van der Waals surface area contributed by atoms with Gasteiger partial charge >= 0.3 is 0 Å². The number of nitrogens with zero attached hydrogens (tertiary/aromatic N) is 2. The molecule has 1 fully saturated rings. The van der Waals surface area contributed by atoms with Crippen LogP contribution in [0.1, 0.15) is 50.5 Å². The van der Waals surface area contributed by atoms with Crippen molar-refractivity contribution >= 4 is 5.91 Å². The SMILES string of the molecule is CN(C(=O)CCc1cccnc1)C1CCCCCC1. The van der Waals surface area contributed by atoms with Crippen molar-refractivity contribution in [2.45, 2.75) is 57.4 Å². The molecule has 2 rings (SSSR count). The molecule has 0 saturated heterocycles. The van der Waals surface area contributed by atoms with Crippen LogP contribution >= 0.6 is 0 Å². The Hall–Kier alpha value is -1.38.